The molecule has 1 fully saturated rings. The maximum Gasteiger partial charge on any atom is 0.142 e. The van der Waals surface area contributed by atoms with Gasteiger partial charge in [0, 0.05) is 29.9 Å². The molecule has 6 nitrogen and oxygen atoms in total. The topological polar surface area (TPSA) is 78.5 Å². The Kier molecular flexibility index (Phi) is 7.22. The van der Waals surface area contributed by atoms with E-state index in [0.29, 0.717) is 13.2 Å². The highest BCUT2D eigenvalue weighted by Gasteiger charge is 2.16. The Morgan fingerprint density at radius 2 is 1.75 bits per heavy atom. The first-order chi connectivity index (χ1) is 9.85. The highest BCUT2D eigenvalue weighted by molar-refractivity contribution is 5.61. The summed E-state index contributed by atoms with van der Waals surface area (Å²) in [7, 11) is 0. The first-order valence-electron chi connectivity index (χ1n) is 6.77. The van der Waals surface area contributed by atoms with E-state index in [1.807, 2.05) is 26.0 Å². The quantitative estimate of drug-likeness (QED) is 0.770. The van der Waals surface area contributed by atoms with E-state index < -0.39 is 0 Å². The molecule has 0 amide bonds. The lowest BCUT2D eigenvalue weighted by Gasteiger charge is -2.30. The van der Waals surface area contributed by atoms with Crippen molar-refractivity contribution in [3.63, 3.8) is 0 Å². The molecule has 0 radical (unpaired) electrons. The van der Waals surface area contributed by atoms with Crippen LogP contribution in [0.4, 0.5) is 5.69 Å². The van der Waals surface area contributed by atoms with Gasteiger partial charge in [0.25, 0.3) is 0 Å². The average Bonchev–Trinajstić information content (AvgIpc) is 2.52. The summed E-state index contributed by atoms with van der Waals surface area (Å²) in [5.41, 5.74) is 1.10. The molecule has 1 heterocycles. The Morgan fingerprint density at radius 3 is 2.35 bits per heavy atom. The van der Waals surface area contributed by atoms with Crippen molar-refractivity contribution in [2.24, 2.45) is 0 Å². The maximum absolute atomic E-state index is 6.00. The fraction of sp³-hybridized carbons (Fsp3) is 0.571. The maximum atomic E-state index is 6.00. The highest BCUT2D eigenvalue weighted by atomic mass is 16.5. The summed E-state index contributed by atoms with van der Waals surface area (Å²) in [5.74, 6) is 1.81. The van der Waals surface area contributed by atoms with Gasteiger partial charge in [-0.05, 0) is 26.0 Å². The Bertz CT molecular complexity index is 417. The van der Waals surface area contributed by atoms with Gasteiger partial charge in [-0.25, -0.2) is 0 Å². The Balaban J connectivity index is 0.000000956. The smallest absolute Gasteiger partial charge is 0.142 e. The Labute approximate surface area is 119 Å². The van der Waals surface area contributed by atoms with Crippen LogP contribution < -0.4 is 14.4 Å². The largest absolute Gasteiger partial charge is 0.494 e. The number of hydrogen-bond acceptors (Lipinski definition) is 6. The molecule has 20 heavy (non-hydrogen) atoms. The minimum atomic E-state index is 0.672. The normalized spacial score (nSPS) is 14.1. The molecule has 1 aromatic rings. The second-order valence-corrected chi connectivity index (χ2v) is 4.09. The Hall–Kier alpha value is -2.00. The number of benzene rings is 1. The molecule has 110 valence electrons. The van der Waals surface area contributed by atoms with Gasteiger partial charge in [-0.2, -0.15) is 0 Å². The van der Waals surface area contributed by atoms with Gasteiger partial charge in [0.15, 0.2) is 0 Å². The van der Waals surface area contributed by atoms with E-state index in [1.54, 1.807) is 0 Å². The molecular formula is C14H21N3O3. The van der Waals surface area contributed by atoms with Gasteiger partial charge in [-0.1, -0.05) is 0 Å². The fourth-order valence-electron chi connectivity index (χ4n) is 2.08. The van der Waals surface area contributed by atoms with Crippen molar-refractivity contribution in [1.29, 1.82) is 10.8 Å². The first kappa shape index (κ1) is 16.1. The number of nitrogens with zero attached hydrogens (tertiary/aromatic N) is 3. The predicted octanol–water partition coefficient (Wildman–Crippen LogP) is 2.35. The van der Waals surface area contributed by atoms with Crippen LogP contribution in [-0.4, -0.2) is 39.5 Å². The van der Waals surface area contributed by atoms with Crippen LogP contribution in [0.25, 0.3) is 0 Å². The van der Waals surface area contributed by atoms with Gasteiger partial charge in [-0.3, -0.25) is 0 Å². The molecule has 0 saturated carbocycles. The van der Waals surface area contributed by atoms with Gasteiger partial charge in [0.05, 0.1) is 32.1 Å². The van der Waals surface area contributed by atoms with Crippen LogP contribution in [0.2, 0.25) is 0 Å². The first-order valence-corrected chi connectivity index (χ1v) is 6.77. The number of ether oxygens (including phenoxy) is 3. The Morgan fingerprint density at radius 1 is 1.10 bits per heavy atom. The van der Waals surface area contributed by atoms with Crippen molar-refractivity contribution in [2.45, 2.75) is 13.8 Å². The second-order valence-electron chi connectivity index (χ2n) is 4.09. The van der Waals surface area contributed by atoms with E-state index in [1.165, 1.54) is 0 Å². The molecule has 1 saturated heterocycles. The summed E-state index contributed by atoms with van der Waals surface area (Å²) in [5, 5.41) is 12.0. The van der Waals surface area contributed by atoms with Gasteiger partial charge in [0.2, 0.25) is 0 Å². The van der Waals surface area contributed by atoms with Crippen LogP contribution >= 0.6 is 0 Å². The van der Waals surface area contributed by atoms with Crippen LogP contribution in [0, 0.1) is 10.8 Å². The van der Waals surface area contributed by atoms with Crippen LogP contribution in [0.1, 0.15) is 13.8 Å². The molecule has 0 aliphatic carbocycles. The standard InChI is InChI=1S/C14H21NO3.N2/c1-3-17-12-5-6-14(18-4-2)13(11-12)15-7-9-16-10-8-15;1-2/h5-6,11H,3-4,7-10H2,1-2H3;. The lowest BCUT2D eigenvalue weighted by molar-refractivity contribution is 0.122. The molecule has 0 bridgehead atoms. The lowest BCUT2D eigenvalue weighted by atomic mass is 10.2. The van der Waals surface area contributed by atoms with E-state index in [-0.39, 0.29) is 0 Å². The second kappa shape index (κ2) is 8.99. The van der Waals surface area contributed by atoms with Gasteiger partial charge in [0.1, 0.15) is 11.5 Å². The molecule has 0 spiro atoms. The number of rotatable bonds is 5. The SMILES string of the molecule is CCOc1ccc(OCC)c(N2CCOCC2)c1.N#N. The molecule has 0 N–H and O–H groups in total. The number of anilines is 1. The predicted molar refractivity (Wildman–Crippen MR) is 75.3 cm³/mol. The minimum absolute atomic E-state index is 0.672. The third-order valence-corrected chi connectivity index (χ3v) is 2.89. The number of hydrogen-bond donors (Lipinski definition) is 0. The molecule has 1 aliphatic heterocycles. The van der Waals surface area contributed by atoms with Crippen molar-refractivity contribution >= 4 is 5.69 Å². The van der Waals surface area contributed by atoms with Gasteiger partial charge >= 0.3 is 0 Å². The molecule has 1 aliphatic rings. The van der Waals surface area contributed by atoms with Crippen molar-refractivity contribution in [2.75, 3.05) is 44.4 Å². The van der Waals surface area contributed by atoms with E-state index in [0.717, 1.165) is 43.5 Å². The molecular weight excluding hydrogens is 258 g/mol. The molecule has 0 atom stereocenters. The van der Waals surface area contributed by atoms with Crippen molar-refractivity contribution in [3.8, 4) is 11.5 Å². The van der Waals surface area contributed by atoms with Crippen molar-refractivity contribution in [3.05, 3.63) is 18.2 Å². The lowest BCUT2D eigenvalue weighted by Crippen LogP contribution is -2.36. The third-order valence-electron chi connectivity index (χ3n) is 2.89. The zero-order chi connectivity index (χ0) is 14.8. The van der Waals surface area contributed by atoms with Crippen LogP contribution in [0.15, 0.2) is 18.2 Å². The molecule has 0 unspecified atom stereocenters. The summed E-state index contributed by atoms with van der Waals surface area (Å²) in [6, 6.07) is 6.00. The van der Waals surface area contributed by atoms with E-state index >= 15 is 0 Å². The molecule has 1 aromatic carbocycles. The van der Waals surface area contributed by atoms with Crippen LogP contribution in [-0.2, 0) is 4.74 Å². The summed E-state index contributed by atoms with van der Waals surface area (Å²) < 4.78 is 16.6. The van der Waals surface area contributed by atoms with Crippen molar-refractivity contribution in [1.82, 2.24) is 0 Å². The summed E-state index contributed by atoms with van der Waals surface area (Å²) in [4.78, 5) is 2.29. The van der Waals surface area contributed by atoms with E-state index in [9.17, 15) is 0 Å². The van der Waals surface area contributed by atoms with Crippen LogP contribution in [0.5, 0.6) is 11.5 Å². The van der Waals surface area contributed by atoms with Gasteiger partial charge in [-0.15, -0.1) is 0 Å². The van der Waals surface area contributed by atoms with Gasteiger partial charge < -0.3 is 19.1 Å². The molecule has 0 aromatic heterocycles. The third kappa shape index (κ3) is 4.28. The highest BCUT2D eigenvalue weighted by Crippen LogP contribution is 2.33. The zero-order valence-corrected chi connectivity index (χ0v) is 12.0. The molecule has 6 heteroatoms. The number of morpholine rings is 1. The summed E-state index contributed by atoms with van der Waals surface area (Å²) >= 11 is 0. The van der Waals surface area contributed by atoms with E-state index in [4.69, 9.17) is 25.0 Å². The molecule has 2 rings (SSSR count). The van der Waals surface area contributed by atoms with Crippen molar-refractivity contribution < 1.29 is 14.2 Å². The monoisotopic (exact) mass is 279 g/mol. The average molecular weight is 279 g/mol. The van der Waals surface area contributed by atoms with Crippen LogP contribution in [0.3, 0.4) is 0 Å². The minimum Gasteiger partial charge on any atom is -0.494 e. The fourth-order valence-corrected chi connectivity index (χ4v) is 2.08. The zero-order valence-electron chi connectivity index (χ0n) is 12.0. The summed E-state index contributed by atoms with van der Waals surface area (Å²) in [6.07, 6.45) is 0. The summed E-state index contributed by atoms with van der Waals surface area (Å²) in [6.45, 7) is 8.67. The van der Waals surface area contributed by atoms with E-state index in [2.05, 4.69) is 11.0 Å².